The number of rotatable bonds is 6. The van der Waals surface area contributed by atoms with Gasteiger partial charge in [0.2, 0.25) is 0 Å². The van der Waals surface area contributed by atoms with Crippen LogP contribution in [0.1, 0.15) is 13.8 Å². The van der Waals surface area contributed by atoms with E-state index in [9.17, 15) is 4.79 Å². The molecule has 0 spiro atoms. The van der Waals surface area contributed by atoms with Gasteiger partial charge in [-0.2, -0.15) is 0 Å². The van der Waals surface area contributed by atoms with E-state index in [0.717, 1.165) is 32.8 Å². The molecule has 0 bridgehead atoms. The van der Waals surface area contributed by atoms with E-state index < -0.39 is 0 Å². The van der Waals surface area contributed by atoms with Crippen molar-refractivity contribution in [3.63, 3.8) is 0 Å². The van der Waals surface area contributed by atoms with Crippen LogP contribution in [0.25, 0.3) is 0 Å². The quantitative estimate of drug-likeness (QED) is 0.644. The van der Waals surface area contributed by atoms with Gasteiger partial charge in [0.15, 0.2) is 0 Å². The Morgan fingerprint density at radius 3 is 2.81 bits per heavy atom. The predicted molar refractivity (Wildman–Crippen MR) is 61.4 cm³/mol. The molecule has 1 aliphatic heterocycles. The van der Waals surface area contributed by atoms with Crippen LogP contribution in [0.15, 0.2) is 0 Å². The summed E-state index contributed by atoms with van der Waals surface area (Å²) in [5, 5.41) is 3.16. The van der Waals surface area contributed by atoms with Crippen molar-refractivity contribution in [2.75, 3.05) is 46.0 Å². The van der Waals surface area contributed by atoms with E-state index in [1.165, 1.54) is 0 Å². The number of nitrogens with zero attached hydrogens (tertiary/aromatic N) is 1. The third kappa shape index (κ3) is 5.44. The molecule has 0 aromatic rings. The lowest BCUT2D eigenvalue weighted by atomic mass is 10.3. The number of nitrogens with one attached hydrogen (secondary N) is 1. The van der Waals surface area contributed by atoms with Gasteiger partial charge in [0, 0.05) is 25.7 Å². The average Bonchev–Trinajstić information content (AvgIpc) is 2.28. The number of ether oxygens (including phenoxy) is 2. The number of hydrogen-bond acceptors (Lipinski definition) is 5. The Morgan fingerprint density at radius 1 is 1.50 bits per heavy atom. The molecule has 1 saturated heterocycles. The van der Waals surface area contributed by atoms with E-state index in [-0.39, 0.29) is 5.97 Å². The molecule has 16 heavy (non-hydrogen) atoms. The molecule has 1 fully saturated rings. The zero-order chi connectivity index (χ0) is 11.8. The van der Waals surface area contributed by atoms with Crippen molar-refractivity contribution in [3.8, 4) is 0 Å². The Morgan fingerprint density at radius 2 is 2.19 bits per heavy atom. The van der Waals surface area contributed by atoms with Gasteiger partial charge in [0.1, 0.15) is 0 Å². The maximum atomic E-state index is 11.1. The van der Waals surface area contributed by atoms with Gasteiger partial charge in [-0.1, -0.05) is 0 Å². The monoisotopic (exact) mass is 230 g/mol. The minimum atomic E-state index is -0.184. The number of carbonyl (C=O) groups excluding carboxylic acids is 1. The smallest absolute Gasteiger partial charge is 0.319 e. The van der Waals surface area contributed by atoms with Gasteiger partial charge in [0.25, 0.3) is 0 Å². The van der Waals surface area contributed by atoms with Crippen LogP contribution in [-0.2, 0) is 14.3 Å². The number of hydrogen-bond donors (Lipinski definition) is 1. The van der Waals surface area contributed by atoms with Crippen molar-refractivity contribution in [2.24, 2.45) is 0 Å². The highest BCUT2D eigenvalue weighted by Crippen LogP contribution is 1.98. The Kier molecular flexibility index (Phi) is 6.37. The fourth-order valence-corrected chi connectivity index (χ4v) is 1.71. The molecule has 1 rings (SSSR count). The fourth-order valence-electron chi connectivity index (χ4n) is 1.71. The molecule has 0 amide bonds. The summed E-state index contributed by atoms with van der Waals surface area (Å²) >= 11 is 0. The minimum absolute atomic E-state index is 0.184. The van der Waals surface area contributed by atoms with E-state index in [4.69, 9.17) is 9.47 Å². The van der Waals surface area contributed by atoms with Crippen molar-refractivity contribution in [1.82, 2.24) is 10.2 Å². The highest BCUT2D eigenvalue weighted by molar-refractivity contribution is 5.71. The van der Waals surface area contributed by atoms with Crippen LogP contribution in [0.2, 0.25) is 0 Å². The van der Waals surface area contributed by atoms with Crippen LogP contribution in [-0.4, -0.2) is 62.9 Å². The second-order valence-corrected chi connectivity index (χ2v) is 4.00. The Labute approximate surface area is 97.1 Å². The molecule has 0 aromatic heterocycles. The fraction of sp³-hybridized carbons (Fsp3) is 0.909. The summed E-state index contributed by atoms with van der Waals surface area (Å²) < 4.78 is 10.1. The van der Waals surface area contributed by atoms with Crippen molar-refractivity contribution < 1.29 is 14.3 Å². The first-order valence-corrected chi connectivity index (χ1v) is 5.91. The summed E-state index contributed by atoms with van der Waals surface area (Å²) in [5.74, 6) is -0.184. The van der Waals surface area contributed by atoms with Gasteiger partial charge >= 0.3 is 5.97 Å². The highest BCUT2D eigenvalue weighted by Gasteiger charge is 2.14. The van der Waals surface area contributed by atoms with Crippen molar-refractivity contribution in [3.05, 3.63) is 0 Å². The maximum absolute atomic E-state index is 11.1. The second kappa shape index (κ2) is 7.60. The van der Waals surface area contributed by atoms with Gasteiger partial charge in [-0.15, -0.1) is 0 Å². The zero-order valence-electron chi connectivity index (χ0n) is 10.2. The van der Waals surface area contributed by atoms with Gasteiger partial charge in [0.05, 0.1) is 26.4 Å². The summed E-state index contributed by atoms with van der Waals surface area (Å²) in [4.78, 5) is 13.5. The Hall–Kier alpha value is -0.650. The molecular weight excluding hydrogens is 208 g/mol. The molecule has 5 nitrogen and oxygen atoms in total. The van der Waals surface area contributed by atoms with E-state index in [1.54, 1.807) is 0 Å². The van der Waals surface area contributed by atoms with Gasteiger partial charge in [-0.25, -0.2) is 0 Å². The molecule has 0 radical (unpaired) electrons. The molecule has 0 saturated carbocycles. The SMILES string of the molecule is CCOC(=O)CNC(C)CN1CCOCC1. The molecule has 1 aliphatic rings. The molecule has 0 aliphatic carbocycles. The summed E-state index contributed by atoms with van der Waals surface area (Å²) in [6.07, 6.45) is 0. The number of esters is 1. The topological polar surface area (TPSA) is 50.8 Å². The normalized spacial score (nSPS) is 19.4. The third-order valence-electron chi connectivity index (χ3n) is 2.54. The van der Waals surface area contributed by atoms with Gasteiger partial charge < -0.3 is 14.8 Å². The molecule has 94 valence electrons. The zero-order valence-corrected chi connectivity index (χ0v) is 10.2. The summed E-state index contributed by atoms with van der Waals surface area (Å²) in [7, 11) is 0. The van der Waals surface area contributed by atoms with Gasteiger partial charge in [-0.3, -0.25) is 9.69 Å². The van der Waals surface area contributed by atoms with Crippen LogP contribution in [0.5, 0.6) is 0 Å². The first-order valence-electron chi connectivity index (χ1n) is 5.91. The lowest BCUT2D eigenvalue weighted by Gasteiger charge is -2.29. The highest BCUT2D eigenvalue weighted by atomic mass is 16.5. The molecule has 0 aromatic carbocycles. The molecule has 1 N–H and O–H groups in total. The van der Waals surface area contributed by atoms with Crippen LogP contribution in [0.3, 0.4) is 0 Å². The first kappa shape index (κ1) is 13.4. The number of morpholine rings is 1. The summed E-state index contributed by atoms with van der Waals surface area (Å²) in [6.45, 7) is 9.15. The molecule has 1 heterocycles. The largest absolute Gasteiger partial charge is 0.465 e. The van der Waals surface area contributed by atoms with E-state index >= 15 is 0 Å². The Balaban J connectivity index is 2.09. The maximum Gasteiger partial charge on any atom is 0.319 e. The molecule has 1 atom stereocenters. The molecular formula is C11H22N2O3. The summed E-state index contributed by atoms with van der Waals surface area (Å²) in [6, 6.07) is 0.294. The minimum Gasteiger partial charge on any atom is -0.465 e. The average molecular weight is 230 g/mol. The standard InChI is InChI=1S/C11H22N2O3/c1-3-16-11(14)8-12-10(2)9-13-4-6-15-7-5-13/h10,12H,3-9H2,1-2H3. The van der Waals surface area contributed by atoms with Crippen LogP contribution >= 0.6 is 0 Å². The lowest BCUT2D eigenvalue weighted by Crippen LogP contribution is -2.45. The van der Waals surface area contributed by atoms with Crippen LogP contribution < -0.4 is 5.32 Å². The predicted octanol–water partition coefficient (Wildman–Crippen LogP) is -0.140. The van der Waals surface area contributed by atoms with Crippen molar-refractivity contribution >= 4 is 5.97 Å². The Bertz CT molecular complexity index is 205. The lowest BCUT2D eigenvalue weighted by molar-refractivity contribution is -0.142. The van der Waals surface area contributed by atoms with E-state index in [1.807, 2.05) is 6.92 Å². The molecule has 1 unspecified atom stereocenters. The molecule has 5 heteroatoms. The third-order valence-corrected chi connectivity index (χ3v) is 2.54. The van der Waals surface area contributed by atoms with E-state index in [0.29, 0.717) is 19.2 Å². The van der Waals surface area contributed by atoms with Crippen molar-refractivity contribution in [2.45, 2.75) is 19.9 Å². The van der Waals surface area contributed by atoms with Crippen molar-refractivity contribution in [1.29, 1.82) is 0 Å². The second-order valence-electron chi connectivity index (χ2n) is 4.00. The van der Waals surface area contributed by atoms with E-state index in [2.05, 4.69) is 17.1 Å². The van der Waals surface area contributed by atoms with Gasteiger partial charge in [-0.05, 0) is 13.8 Å². The van der Waals surface area contributed by atoms with Crippen LogP contribution in [0.4, 0.5) is 0 Å². The number of carbonyl (C=O) groups is 1. The first-order chi connectivity index (χ1) is 7.72. The van der Waals surface area contributed by atoms with Crippen LogP contribution in [0, 0.1) is 0 Å². The summed E-state index contributed by atoms with van der Waals surface area (Å²) in [5.41, 5.74) is 0.